The van der Waals surface area contributed by atoms with Crippen LogP contribution >= 0.6 is 23.2 Å². The van der Waals surface area contributed by atoms with Crippen molar-refractivity contribution in [1.82, 2.24) is 0 Å². The summed E-state index contributed by atoms with van der Waals surface area (Å²) in [5.41, 5.74) is 0.698. The Morgan fingerprint density at radius 3 is 2.60 bits per heavy atom. The minimum atomic E-state index is -1.90. The standard InChI is InChI=1S/C10H10Cl2O3/c1-15-9-6-7(2-3-8(9)13)4-5-10(11,12)14/h2-6,13-14H,1H3/b5-4+. The summed E-state index contributed by atoms with van der Waals surface area (Å²) in [6.45, 7) is 0. The Hall–Kier alpha value is -0.900. The van der Waals surface area contributed by atoms with Gasteiger partial charge in [0, 0.05) is 0 Å². The number of aromatic hydroxyl groups is 1. The molecular formula is C10H10Cl2O3. The minimum Gasteiger partial charge on any atom is -0.504 e. The molecule has 0 heterocycles. The Labute approximate surface area is 97.5 Å². The topological polar surface area (TPSA) is 49.7 Å². The van der Waals surface area contributed by atoms with E-state index in [0.717, 1.165) is 0 Å². The molecule has 0 aromatic heterocycles. The number of alkyl halides is 2. The van der Waals surface area contributed by atoms with Crippen LogP contribution in [-0.4, -0.2) is 21.8 Å². The number of phenols is 1. The molecule has 0 aliphatic carbocycles. The van der Waals surface area contributed by atoms with Gasteiger partial charge in [-0.15, -0.1) is 0 Å². The zero-order chi connectivity index (χ0) is 11.5. The molecule has 0 radical (unpaired) electrons. The number of hydrogen-bond donors (Lipinski definition) is 2. The molecule has 0 aliphatic rings. The van der Waals surface area contributed by atoms with E-state index in [4.69, 9.17) is 33.0 Å². The summed E-state index contributed by atoms with van der Waals surface area (Å²) in [6.07, 6.45) is 2.73. The Bertz CT molecular complexity index is 369. The van der Waals surface area contributed by atoms with E-state index in [1.54, 1.807) is 12.1 Å². The van der Waals surface area contributed by atoms with Crippen molar-refractivity contribution < 1.29 is 14.9 Å². The quantitative estimate of drug-likeness (QED) is 0.809. The smallest absolute Gasteiger partial charge is 0.235 e. The predicted molar refractivity (Wildman–Crippen MR) is 60.3 cm³/mol. The average Bonchev–Trinajstić information content (AvgIpc) is 2.15. The fraction of sp³-hybridized carbons (Fsp3) is 0.200. The first kappa shape index (κ1) is 12.2. The SMILES string of the molecule is COc1cc(/C=C/C(O)(Cl)Cl)ccc1O. The number of hydrogen-bond acceptors (Lipinski definition) is 3. The maximum atomic E-state index is 9.31. The van der Waals surface area contributed by atoms with Gasteiger partial charge in [-0.1, -0.05) is 35.3 Å². The van der Waals surface area contributed by atoms with Gasteiger partial charge in [-0.25, -0.2) is 0 Å². The molecule has 2 N–H and O–H groups in total. The average molecular weight is 249 g/mol. The van der Waals surface area contributed by atoms with E-state index in [9.17, 15) is 5.11 Å². The molecule has 3 nitrogen and oxygen atoms in total. The first-order valence-electron chi connectivity index (χ1n) is 4.09. The predicted octanol–water partition coefficient (Wildman–Crippen LogP) is 2.54. The Morgan fingerprint density at radius 2 is 2.07 bits per heavy atom. The molecule has 1 rings (SSSR count). The van der Waals surface area contributed by atoms with Crippen LogP contribution in [0.3, 0.4) is 0 Å². The van der Waals surface area contributed by atoms with Gasteiger partial charge in [-0.05, 0) is 23.8 Å². The van der Waals surface area contributed by atoms with E-state index < -0.39 is 4.52 Å². The Kier molecular flexibility index (Phi) is 3.85. The third kappa shape index (κ3) is 4.00. The number of methoxy groups -OCH3 is 1. The molecule has 0 spiro atoms. The van der Waals surface area contributed by atoms with E-state index in [-0.39, 0.29) is 5.75 Å². The second kappa shape index (κ2) is 4.75. The van der Waals surface area contributed by atoms with Crippen LogP contribution in [0.4, 0.5) is 0 Å². The second-order valence-corrected chi connectivity index (χ2v) is 4.20. The highest BCUT2D eigenvalue weighted by Gasteiger charge is 2.13. The van der Waals surface area contributed by atoms with E-state index in [1.165, 1.54) is 25.3 Å². The van der Waals surface area contributed by atoms with Crippen molar-refractivity contribution in [2.24, 2.45) is 0 Å². The monoisotopic (exact) mass is 248 g/mol. The molecule has 0 bridgehead atoms. The summed E-state index contributed by atoms with van der Waals surface area (Å²) in [5, 5.41) is 18.3. The zero-order valence-electron chi connectivity index (χ0n) is 7.95. The van der Waals surface area contributed by atoms with Crippen LogP contribution in [0, 0.1) is 0 Å². The van der Waals surface area contributed by atoms with Crippen molar-refractivity contribution >= 4 is 29.3 Å². The lowest BCUT2D eigenvalue weighted by atomic mass is 10.2. The van der Waals surface area contributed by atoms with Crippen LogP contribution in [0.2, 0.25) is 0 Å². The highest BCUT2D eigenvalue weighted by Crippen LogP contribution is 2.27. The number of rotatable bonds is 3. The maximum absolute atomic E-state index is 9.31. The van der Waals surface area contributed by atoms with Crippen LogP contribution in [0.5, 0.6) is 11.5 Å². The van der Waals surface area contributed by atoms with Gasteiger partial charge in [0.2, 0.25) is 4.52 Å². The maximum Gasteiger partial charge on any atom is 0.235 e. The van der Waals surface area contributed by atoms with E-state index >= 15 is 0 Å². The highest BCUT2D eigenvalue weighted by atomic mass is 35.5. The van der Waals surface area contributed by atoms with Crippen molar-refractivity contribution in [3.05, 3.63) is 29.8 Å². The summed E-state index contributed by atoms with van der Waals surface area (Å²) >= 11 is 10.7. The third-order valence-corrected chi connectivity index (χ3v) is 1.93. The molecule has 1 aromatic rings. The van der Waals surface area contributed by atoms with Crippen molar-refractivity contribution in [2.75, 3.05) is 7.11 Å². The van der Waals surface area contributed by atoms with E-state index in [0.29, 0.717) is 11.3 Å². The number of benzene rings is 1. The van der Waals surface area contributed by atoms with Crippen LogP contribution < -0.4 is 4.74 Å². The number of aliphatic hydroxyl groups is 1. The molecule has 0 atom stereocenters. The second-order valence-electron chi connectivity index (χ2n) is 2.85. The number of ether oxygens (including phenoxy) is 1. The van der Waals surface area contributed by atoms with Crippen molar-refractivity contribution in [3.8, 4) is 11.5 Å². The molecule has 0 amide bonds. The zero-order valence-corrected chi connectivity index (χ0v) is 9.46. The number of halogens is 2. The van der Waals surface area contributed by atoms with Gasteiger partial charge >= 0.3 is 0 Å². The summed E-state index contributed by atoms with van der Waals surface area (Å²) in [6, 6.07) is 4.69. The largest absolute Gasteiger partial charge is 0.504 e. The van der Waals surface area contributed by atoms with Crippen LogP contribution in [-0.2, 0) is 0 Å². The van der Waals surface area contributed by atoms with Crippen molar-refractivity contribution in [2.45, 2.75) is 4.52 Å². The molecule has 1 aromatic carbocycles. The molecule has 0 aliphatic heterocycles. The molecule has 15 heavy (non-hydrogen) atoms. The van der Waals surface area contributed by atoms with Crippen molar-refractivity contribution in [3.63, 3.8) is 0 Å². The van der Waals surface area contributed by atoms with E-state index in [2.05, 4.69) is 0 Å². The lowest BCUT2D eigenvalue weighted by Gasteiger charge is -2.06. The third-order valence-electron chi connectivity index (χ3n) is 1.68. The van der Waals surface area contributed by atoms with Gasteiger partial charge in [0.15, 0.2) is 11.5 Å². The number of phenolic OH excluding ortho intramolecular Hbond substituents is 1. The molecule has 0 saturated heterocycles. The van der Waals surface area contributed by atoms with E-state index in [1.807, 2.05) is 0 Å². The molecule has 0 saturated carbocycles. The lowest BCUT2D eigenvalue weighted by molar-refractivity contribution is 0.265. The highest BCUT2D eigenvalue weighted by molar-refractivity contribution is 6.48. The molecule has 0 unspecified atom stereocenters. The molecular weight excluding hydrogens is 239 g/mol. The van der Waals surface area contributed by atoms with Crippen LogP contribution in [0.15, 0.2) is 24.3 Å². The van der Waals surface area contributed by atoms with Crippen molar-refractivity contribution in [1.29, 1.82) is 0 Å². The lowest BCUT2D eigenvalue weighted by Crippen LogP contribution is -2.04. The van der Waals surface area contributed by atoms with Crippen LogP contribution in [0.1, 0.15) is 5.56 Å². The van der Waals surface area contributed by atoms with Gasteiger partial charge in [-0.2, -0.15) is 0 Å². The summed E-state index contributed by atoms with van der Waals surface area (Å²) in [4.78, 5) is 0. The molecule has 82 valence electrons. The Balaban J connectivity index is 2.93. The van der Waals surface area contributed by atoms with Gasteiger partial charge in [0.05, 0.1) is 7.11 Å². The van der Waals surface area contributed by atoms with Gasteiger partial charge in [0.25, 0.3) is 0 Å². The van der Waals surface area contributed by atoms with Gasteiger partial charge < -0.3 is 14.9 Å². The molecule has 5 heteroatoms. The summed E-state index contributed by atoms with van der Waals surface area (Å²) in [5.74, 6) is 0.381. The van der Waals surface area contributed by atoms with Crippen LogP contribution in [0.25, 0.3) is 6.08 Å². The summed E-state index contributed by atoms with van der Waals surface area (Å²) < 4.78 is 3.01. The normalized spacial score (nSPS) is 12.0. The minimum absolute atomic E-state index is 0.0432. The fourth-order valence-electron chi connectivity index (χ4n) is 0.994. The first-order valence-corrected chi connectivity index (χ1v) is 4.84. The first-order chi connectivity index (χ1) is 6.92. The fourth-order valence-corrected chi connectivity index (χ4v) is 1.12. The van der Waals surface area contributed by atoms with Gasteiger partial charge in [0.1, 0.15) is 0 Å². The summed E-state index contributed by atoms with van der Waals surface area (Å²) in [7, 11) is 1.45. The Morgan fingerprint density at radius 1 is 1.40 bits per heavy atom. The van der Waals surface area contributed by atoms with Gasteiger partial charge in [-0.3, -0.25) is 0 Å². The molecule has 0 fully saturated rings.